The van der Waals surface area contributed by atoms with Gasteiger partial charge in [-0.05, 0) is 44.0 Å². The van der Waals surface area contributed by atoms with E-state index in [-0.39, 0.29) is 19.1 Å². The second kappa shape index (κ2) is 10.5. The number of fused-ring (bicyclic) bond motifs is 1. The molecule has 0 saturated carbocycles. The van der Waals surface area contributed by atoms with E-state index < -0.39 is 24.4 Å². The number of rotatable bonds is 8. The summed E-state index contributed by atoms with van der Waals surface area (Å²) in [4.78, 5) is 19.6. The van der Waals surface area contributed by atoms with Crippen LogP contribution < -0.4 is 4.74 Å². The average molecular weight is 505 g/mol. The zero-order valence-electron chi connectivity index (χ0n) is 20.1. The third-order valence-corrected chi connectivity index (χ3v) is 6.41. The molecule has 1 aliphatic heterocycles. The van der Waals surface area contributed by atoms with Crippen LogP contribution >= 0.6 is 11.6 Å². The third kappa shape index (κ3) is 5.74. The highest BCUT2D eigenvalue weighted by atomic mass is 35.5. The lowest BCUT2D eigenvalue weighted by Crippen LogP contribution is -2.58. The van der Waals surface area contributed by atoms with Crippen LogP contribution in [0.3, 0.4) is 0 Å². The average Bonchev–Trinajstić information content (AvgIpc) is 3.24. The maximum atomic E-state index is 13.8. The number of carbonyl (C=O) groups excluding carboxylic acids is 1. The molecule has 3 aromatic rings. The molecule has 1 amide bonds. The lowest BCUT2D eigenvalue weighted by Gasteiger charge is -2.45. The Morgan fingerprint density at radius 3 is 2.89 bits per heavy atom. The topological polar surface area (TPSA) is 89.2 Å². The zero-order valence-corrected chi connectivity index (χ0v) is 20.8. The van der Waals surface area contributed by atoms with Gasteiger partial charge >= 0.3 is 0 Å². The molecule has 2 aromatic heterocycles. The minimum absolute atomic E-state index is 0.0574. The number of morpholine rings is 1. The summed E-state index contributed by atoms with van der Waals surface area (Å²) < 4.78 is 26.6. The van der Waals surface area contributed by atoms with E-state index in [4.69, 9.17) is 21.1 Å². The van der Waals surface area contributed by atoms with Gasteiger partial charge in [0.05, 0.1) is 43.6 Å². The molecule has 3 heterocycles. The summed E-state index contributed by atoms with van der Waals surface area (Å²) in [6.07, 6.45) is 2.60. The van der Waals surface area contributed by atoms with E-state index >= 15 is 0 Å². The molecule has 0 aliphatic carbocycles. The van der Waals surface area contributed by atoms with Gasteiger partial charge in [-0.15, -0.1) is 0 Å². The minimum atomic E-state index is -0.773. The summed E-state index contributed by atoms with van der Waals surface area (Å²) in [6.45, 7) is 2.97. The Labute approximate surface area is 208 Å². The number of amides is 1. The van der Waals surface area contributed by atoms with Crippen LogP contribution in [0.5, 0.6) is 5.75 Å². The first-order valence-corrected chi connectivity index (χ1v) is 12.0. The number of carbonyl (C=O) groups is 1. The Hall–Kier alpha value is -2.75. The van der Waals surface area contributed by atoms with E-state index in [2.05, 4.69) is 10.1 Å². The molecule has 1 N–H and O–H groups in total. The standard InChI is InChI=1S/C25H30ClFN4O4/c1-16(32)11-25(2)15-30(20(12-27)14-35-25)24(33)18-10-21(34-3)23-28-22(29-31(23)13-18)8-7-17-5-4-6-19(26)9-17/h4-6,9-10,13,16,20,32H,7-8,11-12,14-15H2,1-3H3. The maximum absolute atomic E-state index is 13.8. The Morgan fingerprint density at radius 1 is 1.40 bits per heavy atom. The molecule has 0 spiro atoms. The van der Waals surface area contributed by atoms with Crippen molar-refractivity contribution in [3.05, 3.63) is 58.5 Å². The van der Waals surface area contributed by atoms with E-state index in [0.717, 1.165) is 5.56 Å². The van der Waals surface area contributed by atoms with Crippen LogP contribution in [0.2, 0.25) is 5.02 Å². The van der Waals surface area contributed by atoms with Crippen molar-refractivity contribution in [2.24, 2.45) is 0 Å². The van der Waals surface area contributed by atoms with E-state index in [9.17, 15) is 14.3 Å². The predicted octanol–water partition coefficient (Wildman–Crippen LogP) is 3.52. The first-order chi connectivity index (χ1) is 16.7. The SMILES string of the molecule is COc1cc(C(=O)N2CC(C)(CC(C)O)OCC2CF)cn2nc(CCc3cccc(Cl)c3)nc12. The van der Waals surface area contributed by atoms with Crippen LogP contribution in [0, 0.1) is 0 Å². The number of pyridine rings is 1. The van der Waals surface area contributed by atoms with Gasteiger partial charge in [-0.3, -0.25) is 4.79 Å². The summed E-state index contributed by atoms with van der Waals surface area (Å²) in [5.74, 6) is 0.642. The molecule has 10 heteroatoms. The molecule has 1 aromatic carbocycles. The smallest absolute Gasteiger partial charge is 0.256 e. The first kappa shape index (κ1) is 25.3. The predicted molar refractivity (Wildman–Crippen MR) is 130 cm³/mol. The number of aryl methyl sites for hydroxylation is 2. The van der Waals surface area contributed by atoms with Crippen molar-refractivity contribution in [1.29, 1.82) is 0 Å². The largest absolute Gasteiger partial charge is 0.493 e. The third-order valence-electron chi connectivity index (χ3n) is 6.17. The molecule has 3 atom stereocenters. The van der Waals surface area contributed by atoms with Gasteiger partial charge in [-0.2, -0.15) is 5.10 Å². The lowest BCUT2D eigenvalue weighted by atomic mass is 9.94. The highest BCUT2D eigenvalue weighted by Crippen LogP contribution is 2.29. The molecule has 3 unspecified atom stereocenters. The normalized spacial score (nSPS) is 21.3. The van der Waals surface area contributed by atoms with Crippen molar-refractivity contribution >= 4 is 23.2 Å². The van der Waals surface area contributed by atoms with Crippen LogP contribution in [0.4, 0.5) is 4.39 Å². The molecule has 0 bridgehead atoms. The molecule has 188 valence electrons. The van der Waals surface area contributed by atoms with Gasteiger partial charge in [0, 0.05) is 24.1 Å². The molecule has 35 heavy (non-hydrogen) atoms. The molecule has 1 aliphatic rings. The Balaban J connectivity index is 1.59. The fourth-order valence-corrected chi connectivity index (χ4v) is 4.74. The molecule has 0 radical (unpaired) electrons. The molecule has 4 rings (SSSR count). The Kier molecular flexibility index (Phi) is 7.59. The van der Waals surface area contributed by atoms with Gasteiger partial charge < -0.3 is 19.5 Å². The van der Waals surface area contributed by atoms with Gasteiger partial charge in [0.15, 0.2) is 17.2 Å². The fraction of sp³-hybridized carbons (Fsp3) is 0.480. The Morgan fingerprint density at radius 2 is 2.20 bits per heavy atom. The molecule has 1 fully saturated rings. The van der Waals surface area contributed by atoms with E-state index in [1.807, 2.05) is 31.2 Å². The quantitative estimate of drug-likeness (QED) is 0.505. The van der Waals surface area contributed by atoms with Crippen LogP contribution in [-0.2, 0) is 17.6 Å². The van der Waals surface area contributed by atoms with Gasteiger partial charge in [0.25, 0.3) is 5.91 Å². The summed E-state index contributed by atoms with van der Waals surface area (Å²) >= 11 is 6.07. The second-order valence-electron chi connectivity index (χ2n) is 9.28. The number of aromatic nitrogens is 3. The van der Waals surface area contributed by atoms with Crippen molar-refractivity contribution in [2.75, 3.05) is 26.9 Å². The summed E-state index contributed by atoms with van der Waals surface area (Å²) in [5.41, 5.74) is 1.10. The van der Waals surface area contributed by atoms with Gasteiger partial charge in [0.2, 0.25) is 0 Å². The Bertz CT molecular complexity index is 1200. The fourth-order valence-electron chi connectivity index (χ4n) is 4.52. The summed E-state index contributed by atoms with van der Waals surface area (Å²) in [6, 6.07) is 8.52. The van der Waals surface area contributed by atoms with Crippen LogP contribution in [0.1, 0.15) is 42.0 Å². The van der Waals surface area contributed by atoms with Gasteiger partial charge in [0.1, 0.15) is 6.67 Å². The highest BCUT2D eigenvalue weighted by molar-refractivity contribution is 6.30. The van der Waals surface area contributed by atoms with Crippen LogP contribution in [0.25, 0.3) is 5.65 Å². The number of halogens is 2. The lowest BCUT2D eigenvalue weighted by molar-refractivity contribution is -0.130. The number of ether oxygens (including phenoxy) is 2. The van der Waals surface area contributed by atoms with E-state index in [0.29, 0.717) is 47.1 Å². The second-order valence-corrected chi connectivity index (χ2v) is 9.71. The number of hydrogen-bond acceptors (Lipinski definition) is 6. The van der Waals surface area contributed by atoms with Crippen molar-refractivity contribution in [3.8, 4) is 5.75 Å². The first-order valence-electron chi connectivity index (χ1n) is 11.6. The zero-order chi connectivity index (χ0) is 25.2. The highest BCUT2D eigenvalue weighted by Gasteiger charge is 2.40. The number of alkyl halides is 1. The summed E-state index contributed by atoms with van der Waals surface area (Å²) in [7, 11) is 1.50. The van der Waals surface area contributed by atoms with Crippen molar-refractivity contribution in [2.45, 2.75) is 50.9 Å². The molecular weight excluding hydrogens is 475 g/mol. The van der Waals surface area contributed by atoms with Crippen molar-refractivity contribution in [1.82, 2.24) is 19.5 Å². The van der Waals surface area contributed by atoms with Crippen molar-refractivity contribution in [3.63, 3.8) is 0 Å². The van der Waals surface area contributed by atoms with Crippen LogP contribution in [0.15, 0.2) is 36.5 Å². The summed E-state index contributed by atoms with van der Waals surface area (Å²) in [5, 5.41) is 15.1. The number of nitrogens with zero attached hydrogens (tertiary/aromatic N) is 4. The van der Waals surface area contributed by atoms with E-state index in [1.54, 1.807) is 19.2 Å². The molecular formula is C25H30ClFN4O4. The monoisotopic (exact) mass is 504 g/mol. The molecule has 1 saturated heterocycles. The number of benzene rings is 1. The van der Waals surface area contributed by atoms with Crippen LogP contribution in [-0.4, -0.2) is 75.2 Å². The minimum Gasteiger partial charge on any atom is -0.493 e. The van der Waals surface area contributed by atoms with Gasteiger partial charge in [-0.25, -0.2) is 13.9 Å². The van der Waals surface area contributed by atoms with E-state index in [1.165, 1.54) is 16.5 Å². The number of aliphatic hydroxyl groups excluding tert-OH is 1. The number of aliphatic hydroxyl groups is 1. The number of hydrogen-bond donors (Lipinski definition) is 1. The van der Waals surface area contributed by atoms with Gasteiger partial charge in [-0.1, -0.05) is 23.7 Å². The maximum Gasteiger partial charge on any atom is 0.256 e. The number of methoxy groups -OCH3 is 1. The molecule has 8 nitrogen and oxygen atoms in total. The van der Waals surface area contributed by atoms with Crippen molar-refractivity contribution < 1.29 is 23.8 Å².